The van der Waals surface area contributed by atoms with Crippen molar-refractivity contribution in [2.24, 2.45) is 0 Å². The van der Waals surface area contributed by atoms with Gasteiger partial charge in [-0.1, -0.05) is 0 Å². The Hall–Kier alpha value is -1.11. The minimum Gasteiger partial charge on any atom is -0.375 e. The first-order valence-electron chi connectivity index (χ1n) is 6.21. The van der Waals surface area contributed by atoms with Crippen molar-refractivity contribution < 1.29 is 0 Å². The van der Waals surface area contributed by atoms with E-state index in [1.807, 2.05) is 18.7 Å². The van der Waals surface area contributed by atoms with Gasteiger partial charge >= 0.3 is 0 Å². The summed E-state index contributed by atoms with van der Waals surface area (Å²) in [5, 5.41) is 0.665. The molecule has 3 rings (SSSR count). The third-order valence-corrected chi connectivity index (χ3v) is 4.27. The number of piperidine rings is 1. The van der Waals surface area contributed by atoms with Crippen LogP contribution < -0.4 is 5.73 Å². The largest absolute Gasteiger partial charge is 0.375 e. The lowest BCUT2D eigenvalue weighted by atomic mass is 10.1. The van der Waals surface area contributed by atoms with E-state index in [0.29, 0.717) is 11.2 Å². The smallest absolute Gasteiger partial charge is 0.180 e. The first-order valence-corrected chi connectivity index (χ1v) is 7.03. The molecule has 0 bridgehead atoms. The van der Waals surface area contributed by atoms with Crippen LogP contribution in [0.15, 0.2) is 24.9 Å². The Bertz CT molecular complexity index is 490. The second-order valence-electron chi connectivity index (χ2n) is 4.68. The molecule has 7 heteroatoms. The van der Waals surface area contributed by atoms with E-state index in [0.717, 1.165) is 19.6 Å². The maximum Gasteiger partial charge on any atom is 0.180 e. The van der Waals surface area contributed by atoms with Crippen molar-refractivity contribution in [1.82, 2.24) is 19.4 Å². The zero-order chi connectivity index (χ0) is 12.4. The Morgan fingerprint density at radius 1 is 1.37 bits per heavy atom. The summed E-state index contributed by atoms with van der Waals surface area (Å²) in [6.07, 6.45) is 10.1. The highest BCUT2D eigenvalue weighted by Gasteiger charge is 2.20. The second kappa shape index (κ2) is 6.36. The van der Waals surface area contributed by atoms with Crippen molar-refractivity contribution in [3.05, 3.63) is 29.8 Å². The quantitative estimate of drug-likeness (QED) is 0.944. The summed E-state index contributed by atoms with van der Waals surface area (Å²) < 4.78 is 2.22. The molecule has 2 aromatic rings. The number of aromatic nitrogens is 3. The lowest BCUT2D eigenvalue weighted by Gasteiger charge is -2.32. The second-order valence-corrected chi connectivity index (χ2v) is 5.83. The molecule has 0 aliphatic carbocycles. The molecule has 0 unspecified atom stereocenters. The Balaban J connectivity index is 0.00000133. The van der Waals surface area contributed by atoms with Crippen molar-refractivity contribution in [2.45, 2.75) is 25.4 Å². The van der Waals surface area contributed by atoms with Crippen molar-refractivity contribution in [3.8, 4) is 0 Å². The van der Waals surface area contributed by atoms with Gasteiger partial charge in [0.2, 0.25) is 0 Å². The minimum atomic E-state index is 0. The number of likely N-dealkylation sites (tertiary alicyclic amines) is 1. The molecule has 19 heavy (non-hydrogen) atoms. The summed E-state index contributed by atoms with van der Waals surface area (Å²) in [6.45, 7) is 3.23. The van der Waals surface area contributed by atoms with Crippen molar-refractivity contribution in [3.63, 3.8) is 0 Å². The van der Waals surface area contributed by atoms with Gasteiger partial charge in [-0.25, -0.2) is 9.97 Å². The van der Waals surface area contributed by atoms with Crippen LogP contribution in [-0.4, -0.2) is 32.5 Å². The molecule has 2 N–H and O–H groups in total. The van der Waals surface area contributed by atoms with Gasteiger partial charge in [0.05, 0.1) is 6.33 Å². The van der Waals surface area contributed by atoms with Crippen LogP contribution in [0, 0.1) is 0 Å². The summed E-state index contributed by atoms with van der Waals surface area (Å²) >= 11 is 1.59. The maximum atomic E-state index is 5.65. The van der Waals surface area contributed by atoms with Gasteiger partial charge < -0.3 is 10.3 Å². The lowest BCUT2D eigenvalue weighted by Crippen LogP contribution is -2.33. The SMILES string of the molecule is Cl.Nc1ncc(CN2CCC(n3ccnc3)CC2)s1. The van der Waals surface area contributed by atoms with E-state index in [1.165, 1.54) is 17.7 Å². The Morgan fingerprint density at radius 2 is 2.16 bits per heavy atom. The highest BCUT2D eigenvalue weighted by atomic mass is 35.5. The van der Waals surface area contributed by atoms with E-state index in [-0.39, 0.29) is 12.4 Å². The molecular formula is C12H18ClN5S. The monoisotopic (exact) mass is 299 g/mol. The fourth-order valence-electron chi connectivity index (χ4n) is 2.48. The van der Waals surface area contributed by atoms with Crippen LogP contribution >= 0.6 is 23.7 Å². The van der Waals surface area contributed by atoms with Crippen LogP contribution in [0.5, 0.6) is 0 Å². The fraction of sp³-hybridized carbons (Fsp3) is 0.500. The van der Waals surface area contributed by atoms with Crippen LogP contribution in [0.4, 0.5) is 5.13 Å². The molecule has 5 nitrogen and oxygen atoms in total. The van der Waals surface area contributed by atoms with Gasteiger partial charge in [0, 0.05) is 49.1 Å². The molecule has 1 aliphatic rings. The average molecular weight is 300 g/mol. The van der Waals surface area contributed by atoms with Gasteiger partial charge in [-0.15, -0.1) is 23.7 Å². The molecule has 0 atom stereocenters. The summed E-state index contributed by atoms with van der Waals surface area (Å²) in [4.78, 5) is 11.9. The number of halogens is 1. The number of rotatable bonds is 3. The number of nitrogens with zero attached hydrogens (tertiary/aromatic N) is 4. The van der Waals surface area contributed by atoms with Gasteiger partial charge in [-0.2, -0.15) is 0 Å². The Morgan fingerprint density at radius 3 is 2.74 bits per heavy atom. The molecule has 1 fully saturated rings. The highest BCUT2D eigenvalue weighted by Crippen LogP contribution is 2.24. The van der Waals surface area contributed by atoms with Crippen LogP contribution in [0.1, 0.15) is 23.8 Å². The molecule has 1 aliphatic heterocycles. The number of hydrogen-bond acceptors (Lipinski definition) is 5. The normalized spacial score (nSPS) is 17.3. The van der Waals surface area contributed by atoms with Gasteiger partial charge in [0.25, 0.3) is 0 Å². The predicted octanol–water partition coefficient (Wildman–Crippen LogP) is 2.18. The van der Waals surface area contributed by atoms with E-state index in [4.69, 9.17) is 5.73 Å². The predicted molar refractivity (Wildman–Crippen MR) is 79.5 cm³/mol. The number of nitrogens with two attached hydrogens (primary N) is 1. The average Bonchev–Trinajstić information content (AvgIpc) is 3.02. The number of imidazole rings is 1. The Labute approximate surface area is 122 Å². The molecule has 0 radical (unpaired) electrons. The molecule has 1 saturated heterocycles. The molecule has 2 aromatic heterocycles. The lowest BCUT2D eigenvalue weighted by molar-refractivity contribution is 0.181. The standard InChI is InChI=1S/C12H17N5S.ClH/c13-12-15-7-11(18-12)8-16-4-1-10(2-5-16)17-6-3-14-9-17;/h3,6-7,9-10H,1-2,4-5,8H2,(H2,13,15);1H. The van der Waals surface area contributed by atoms with E-state index < -0.39 is 0 Å². The molecule has 0 spiro atoms. The van der Waals surface area contributed by atoms with Gasteiger partial charge in [-0.05, 0) is 12.8 Å². The molecule has 104 valence electrons. The molecular weight excluding hydrogens is 282 g/mol. The van der Waals surface area contributed by atoms with Gasteiger partial charge in [0.15, 0.2) is 5.13 Å². The summed E-state index contributed by atoms with van der Waals surface area (Å²) in [5.41, 5.74) is 5.65. The number of nitrogen functional groups attached to an aromatic ring is 1. The molecule has 0 amide bonds. The maximum absolute atomic E-state index is 5.65. The van der Waals surface area contributed by atoms with Crippen molar-refractivity contribution in [2.75, 3.05) is 18.8 Å². The Kier molecular flexibility index (Phi) is 4.79. The third-order valence-electron chi connectivity index (χ3n) is 3.45. The van der Waals surface area contributed by atoms with Crippen LogP contribution in [0.3, 0.4) is 0 Å². The zero-order valence-corrected chi connectivity index (χ0v) is 12.2. The summed E-state index contributed by atoms with van der Waals surface area (Å²) in [5.74, 6) is 0. The van der Waals surface area contributed by atoms with E-state index in [1.54, 1.807) is 11.3 Å². The molecule has 0 saturated carbocycles. The highest BCUT2D eigenvalue weighted by molar-refractivity contribution is 7.15. The van der Waals surface area contributed by atoms with Crippen LogP contribution in [-0.2, 0) is 6.54 Å². The van der Waals surface area contributed by atoms with Gasteiger partial charge in [0.1, 0.15) is 0 Å². The van der Waals surface area contributed by atoms with Crippen LogP contribution in [0.25, 0.3) is 0 Å². The van der Waals surface area contributed by atoms with Crippen molar-refractivity contribution in [1.29, 1.82) is 0 Å². The van der Waals surface area contributed by atoms with Gasteiger partial charge in [-0.3, -0.25) is 4.90 Å². The summed E-state index contributed by atoms with van der Waals surface area (Å²) in [7, 11) is 0. The number of hydrogen-bond donors (Lipinski definition) is 1. The fourth-order valence-corrected chi connectivity index (χ4v) is 3.20. The number of thiazole rings is 1. The van der Waals surface area contributed by atoms with Crippen LogP contribution in [0.2, 0.25) is 0 Å². The first kappa shape index (κ1) is 14.3. The number of anilines is 1. The van der Waals surface area contributed by atoms with E-state index in [2.05, 4.69) is 25.6 Å². The minimum absolute atomic E-state index is 0. The topological polar surface area (TPSA) is 60.0 Å². The first-order chi connectivity index (χ1) is 8.81. The zero-order valence-electron chi connectivity index (χ0n) is 10.6. The van der Waals surface area contributed by atoms with E-state index >= 15 is 0 Å². The van der Waals surface area contributed by atoms with Crippen molar-refractivity contribution >= 4 is 28.9 Å². The molecule has 0 aromatic carbocycles. The third kappa shape index (κ3) is 3.46. The van der Waals surface area contributed by atoms with E-state index in [9.17, 15) is 0 Å². The summed E-state index contributed by atoms with van der Waals surface area (Å²) in [6, 6.07) is 0.607. The molecule has 3 heterocycles.